The molecule has 2 aromatic heterocycles. The molecule has 1 aliphatic carbocycles. The molecule has 192 valence electrons. The number of rotatable bonds is 5. The Hall–Kier alpha value is -5.18. The standard InChI is InChI=1S/C30H23N5O4/c36-28-20-5-1-2-6-21(20)29-26-25(28)22(32-19-10-8-18(9-11-19)30(37)38)17-23(27(26)33-39-29)34-13-15-35(16-14-34)24-7-3-4-12-31-24/h1-12,17,32H,13-16H2,(H,37,38)/p-1. The molecule has 1 aliphatic heterocycles. The van der Waals surface area contributed by atoms with E-state index in [9.17, 15) is 14.7 Å². The van der Waals surface area contributed by atoms with E-state index in [1.54, 1.807) is 24.4 Å². The second-order valence-electron chi connectivity index (χ2n) is 9.58. The molecule has 0 unspecified atom stereocenters. The third-order valence-corrected chi connectivity index (χ3v) is 7.37. The van der Waals surface area contributed by atoms with E-state index in [4.69, 9.17) is 4.52 Å². The number of carbonyl (C=O) groups is 2. The largest absolute Gasteiger partial charge is 0.545 e. The van der Waals surface area contributed by atoms with E-state index >= 15 is 0 Å². The molecule has 3 aromatic carbocycles. The van der Waals surface area contributed by atoms with Gasteiger partial charge < -0.3 is 29.5 Å². The molecule has 0 spiro atoms. The molecule has 5 aromatic rings. The van der Waals surface area contributed by atoms with Crippen LogP contribution in [0.2, 0.25) is 0 Å². The molecule has 0 saturated carbocycles. The Kier molecular flexibility index (Phi) is 5.29. The first-order valence-corrected chi connectivity index (χ1v) is 12.7. The molecule has 9 heteroatoms. The lowest BCUT2D eigenvalue weighted by atomic mass is 9.86. The first-order chi connectivity index (χ1) is 19.1. The number of nitrogens with one attached hydrogen (secondary N) is 1. The molecule has 0 bridgehead atoms. The van der Waals surface area contributed by atoms with Crippen LogP contribution < -0.4 is 20.2 Å². The van der Waals surface area contributed by atoms with Crippen LogP contribution in [-0.4, -0.2) is 48.1 Å². The Morgan fingerprint density at radius 3 is 2.33 bits per heavy atom. The van der Waals surface area contributed by atoms with Crippen molar-refractivity contribution in [3.63, 3.8) is 0 Å². The number of carboxylic acids is 1. The fourth-order valence-corrected chi connectivity index (χ4v) is 5.44. The zero-order chi connectivity index (χ0) is 26.5. The molecule has 7 rings (SSSR count). The van der Waals surface area contributed by atoms with Gasteiger partial charge in [0.25, 0.3) is 0 Å². The van der Waals surface area contributed by atoms with Crippen molar-refractivity contribution in [1.82, 2.24) is 10.1 Å². The highest BCUT2D eigenvalue weighted by Crippen LogP contribution is 2.46. The van der Waals surface area contributed by atoms with Crippen LogP contribution in [0.3, 0.4) is 0 Å². The minimum atomic E-state index is -1.24. The van der Waals surface area contributed by atoms with Gasteiger partial charge in [0.2, 0.25) is 0 Å². The number of hydrogen-bond acceptors (Lipinski definition) is 9. The van der Waals surface area contributed by atoms with Crippen LogP contribution in [0, 0.1) is 0 Å². The van der Waals surface area contributed by atoms with Gasteiger partial charge in [-0.15, -0.1) is 0 Å². The molecule has 1 saturated heterocycles. The number of carbonyl (C=O) groups excluding carboxylic acids is 2. The van der Waals surface area contributed by atoms with E-state index in [-0.39, 0.29) is 11.3 Å². The highest BCUT2D eigenvalue weighted by Gasteiger charge is 2.34. The summed E-state index contributed by atoms with van der Waals surface area (Å²) >= 11 is 0. The molecule has 0 amide bonds. The van der Waals surface area contributed by atoms with Gasteiger partial charge in [0.15, 0.2) is 11.5 Å². The molecule has 39 heavy (non-hydrogen) atoms. The van der Waals surface area contributed by atoms with Crippen LogP contribution >= 0.6 is 0 Å². The van der Waals surface area contributed by atoms with E-state index < -0.39 is 5.97 Å². The summed E-state index contributed by atoms with van der Waals surface area (Å²) in [6.45, 7) is 3.02. The number of nitrogens with zero attached hydrogens (tertiary/aromatic N) is 4. The zero-order valence-corrected chi connectivity index (χ0v) is 20.8. The van der Waals surface area contributed by atoms with Crippen LogP contribution in [0.15, 0.2) is 83.5 Å². The van der Waals surface area contributed by atoms with Gasteiger partial charge in [-0.1, -0.05) is 47.6 Å². The van der Waals surface area contributed by atoms with E-state index in [0.29, 0.717) is 39.2 Å². The lowest BCUT2D eigenvalue weighted by Crippen LogP contribution is -2.47. The third kappa shape index (κ3) is 3.78. The molecule has 9 nitrogen and oxygen atoms in total. The predicted molar refractivity (Wildman–Crippen MR) is 146 cm³/mol. The number of aromatic nitrogens is 2. The van der Waals surface area contributed by atoms with Gasteiger partial charge in [-0.3, -0.25) is 4.79 Å². The first-order valence-electron chi connectivity index (χ1n) is 12.7. The Bertz CT molecular complexity index is 1740. The number of aromatic carboxylic acids is 1. The van der Waals surface area contributed by atoms with Gasteiger partial charge in [0.1, 0.15) is 11.3 Å². The lowest BCUT2D eigenvalue weighted by molar-refractivity contribution is -0.255. The quantitative estimate of drug-likeness (QED) is 0.365. The number of pyridine rings is 1. The summed E-state index contributed by atoms with van der Waals surface area (Å²) < 4.78 is 5.89. The third-order valence-electron chi connectivity index (χ3n) is 7.37. The highest BCUT2D eigenvalue weighted by molar-refractivity contribution is 6.28. The van der Waals surface area contributed by atoms with Crippen molar-refractivity contribution < 1.29 is 19.2 Å². The Morgan fingerprint density at radius 2 is 1.62 bits per heavy atom. The summed E-state index contributed by atoms with van der Waals surface area (Å²) in [6, 6.07) is 21.5. The molecule has 1 N–H and O–H groups in total. The number of ketones is 1. The average molecular weight is 517 g/mol. The van der Waals surface area contributed by atoms with Gasteiger partial charge in [-0.25, -0.2) is 4.98 Å². The normalized spacial score (nSPS) is 14.4. The first kappa shape index (κ1) is 23.0. The van der Waals surface area contributed by atoms with Crippen LogP contribution in [-0.2, 0) is 0 Å². The lowest BCUT2D eigenvalue weighted by Gasteiger charge is -2.37. The van der Waals surface area contributed by atoms with Crippen LogP contribution in [0.1, 0.15) is 26.3 Å². The average Bonchev–Trinajstić information content (AvgIpc) is 3.42. The Balaban J connectivity index is 1.33. The van der Waals surface area contributed by atoms with E-state index in [0.717, 1.165) is 43.2 Å². The second-order valence-corrected chi connectivity index (χ2v) is 9.58. The maximum atomic E-state index is 13.8. The Morgan fingerprint density at radius 1 is 0.897 bits per heavy atom. The second kappa shape index (κ2) is 8.98. The summed E-state index contributed by atoms with van der Waals surface area (Å²) in [5.41, 5.74) is 4.60. The van der Waals surface area contributed by atoms with E-state index in [1.165, 1.54) is 12.1 Å². The topological polar surface area (TPSA) is 115 Å². The summed E-state index contributed by atoms with van der Waals surface area (Å²) in [7, 11) is 0. The molecule has 1 fully saturated rings. The van der Waals surface area contributed by atoms with Gasteiger partial charge in [-0.2, -0.15) is 0 Å². The van der Waals surface area contributed by atoms with Crippen LogP contribution in [0.4, 0.5) is 22.9 Å². The number of piperazine rings is 1. The van der Waals surface area contributed by atoms with E-state index in [2.05, 4.69) is 25.3 Å². The minimum absolute atomic E-state index is 0.0788. The number of hydrogen-bond donors (Lipinski definition) is 1. The van der Waals surface area contributed by atoms with Gasteiger partial charge in [-0.05, 0) is 35.9 Å². The maximum absolute atomic E-state index is 13.8. The highest BCUT2D eigenvalue weighted by atomic mass is 16.5. The van der Waals surface area contributed by atoms with Crippen molar-refractivity contribution in [2.24, 2.45) is 0 Å². The van der Waals surface area contributed by atoms with Crippen molar-refractivity contribution in [3.8, 4) is 11.3 Å². The minimum Gasteiger partial charge on any atom is -0.545 e. The molecule has 3 heterocycles. The van der Waals surface area contributed by atoms with Crippen LogP contribution in [0.5, 0.6) is 0 Å². The monoisotopic (exact) mass is 516 g/mol. The SMILES string of the molecule is O=C([O-])c1ccc(Nc2cc(N3CCN(c4ccccn4)CC3)c3noc4c3c2C(=O)c2ccccc2-4)cc1. The van der Waals surface area contributed by atoms with Crippen molar-refractivity contribution in [2.75, 3.05) is 41.3 Å². The molecular weight excluding hydrogens is 494 g/mol. The maximum Gasteiger partial charge on any atom is 0.196 e. The molecule has 0 radical (unpaired) electrons. The smallest absolute Gasteiger partial charge is 0.196 e. The molecule has 0 atom stereocenters. The summed E-state index contributed by atoms with van der Waals surface area (Å²) in [5.74, 6) is 0.151. The van der Waals surface area contributed by atoms with Gasteiger partial charge in [0, 0.05) is 49.2 Å². The fourth-order valence-electron chi connectivity index (χ4n) is 5.44. The number of fused-ring (bicyclic) bond motifs is 2. The fraction of sp³-hybridized carbons (Fsp3) is 0.133. The van der Waals surface area contributed by atoms with Gasteiger partial charge >= 0.3 is 0 Å². The number of benzene rings is 3. The van der Waals surface area contributed by atoms with E-state index in [1.807, 2.05) is 42.5 Å². The van der Waals surface area contributed by atoms with Crippen molar-refractivity contribution in [2.45, 2.75) is 0 Å². The summed E-state index contributed by atoms with van der Waals surface area (Å²) in [5, 5.41) is 19.7. The zero-order valence-electron chi connectivity index (χ0n) is 20.8. The summed E-state index contributed by atoms with van der Waals surface area (Å²) in [6.07, 6.45) is 1.80. The van der Waals surface area contributed by atoms with Crippen molar-refractivity contribution >= 4 is 45.5 Å². The Labute approximate surface area is 223 Å². The number of carboxylic acid groups (broad SMARTS) is 1. The predicted octanol–water partition coefficient (Wildman–Crippen LogP) is 3.87. The van der Waals surface area contributed by atoms with Crippen LogP contribution in [0.25, 0.3) is 22.2 Å². The van der Waals surface area contributed by atoms with Crippen molar-refractivity contribution in [1.29, 1.82) is 0 Å². The van der Waals surface area contributed by atoms with Crippen molar-refractivity contribution in [3.05, 3.63) is 95.7 Å². The van der Waals surface area contributed by atoms with Gasteiger partial charge in [0.05, 0.1) is 28.3 Å². The molecule has 2 aliphatic rings. The number of anilines is 4. The summed E-state index contributed by atoms with van der Waals surface area (Å²) in [4.78, 5) is 34.0. The molecular formula is C30H22N5O4-.